The van der Waals surface area contributed by atoms with Crippen molar-refractivity contribution in [2.24, 2.45) is 13.0 Å². The first-order valence-corrected chi connectivity index (χ1v) is 8.95. The zero-order valence-corrected chi connectivity index (χ0v) is 15.8. The van der Waals surface area contributed by atoms with Crippen molar-refractivity contribution in [1.29, 1.82) is 0 Å². The number of rotatable bonds is 3. The van der Waals surface area contributed by atoms with Crippen LogP contribution in [0.5, 0.6) is 0 Å². The van der Waals surface area contributed by atoms with Gasteiger partial charge in [-0.2, -0.15) is 5.10 Å². The number of aromatic nitrogens is 3. The van der Waals surface area contributed by atoms with E-state index in [2.05, 4.69) is 36.2 Å². The predicted octanol–water partition coefficient (Wildman–Crippen LogP) is 2.10. The van der Waals surface area contributed by atoms with Crippen LogP contribution >= 0.6 is 15.9 Å². The second kappa shape index (κ2) is 7.35. The van der Waals surface area contributed by atoms with Crippen molar-refractivity contribution < 1.29 is 4.79 Å². The van der Waals surface area contributed by atoms with E-state index in [1.54, 1.807) is 19.4 Å². The second-order valence-electron chi connectivity index (χ2n) is 6.24. The number of carbonyl (C=O) groups is 1. The largest absolute Gasteiger partial charge is 0.369 e. The van der Waals surface area contributed by atoms with Gasteiger partial charge in [-0.25, -0.2) is 9.67 Å². The molecule has 0 radical (unpaired) electrons. The van der Waals surface area contributed by atoms with E-state index in [9.17, 15) is 9.59 Å². The number of anilines is 2. The highest BCUT2D eigenvalue weighted by atomic mass is 79.9. The van der Waals surface area contributed by atoms with Gasteiger partial charge in [0.15, 0.2) is 0 Å². The highest BCUT2D eigenvalue weighted by Crippen LogP contribution is 2.27. The number of hydrogen-bond donors (Lipinski definition) is 1. The molecule has 0 aromatic carbocycles. The highest BCUT2D eigenvalue weighted by Gasteiger charge is 2.27. The SMILES string of the molecule is Cc1ccc(NC(=O)C2CCN(c3cnn(C)c(=O)c3Br)CC2)nc1. The van der Waals surface area contributed by atoms with Crippen molar-refractivity contribution in [2.75, 3.05) is 23.3 Å². The predicted molar refractivity (Wildman–Crippen MR) is 99.7 cm³/mol. The van der Waals surface area contributed by atoms with Crippen LogP contribution in [-0.2, 0) is 11.8 Å². The summed E-state index contributed by atoms with van der Waals surface area (Å²) in [5, 5.41) is 6.95. The fraction of sp³-hybridized carbons (Fsp3) is 0.412. The van der Waals surface area contributed by atoms with Crippen LogP contribution < -0.4 is 15.8 Å². The molecule has 1 aliphatic rings. The van der Waals surface area contributed by atoms with E-state index in [0.717, 1.165) is 24.1 Å². The van der Waals surface area contributed by atoms with Crippen molar-refractivity contribution in [1.82, 2.24) is 14.8 Å². The Kier molecular flexibility index (Phi) is 5.17. The smallest absolute Gasteiger partial charge is 0.282 e. The molecule has 2 aromatic rings. The maximum absolute atomic E-state index is 12.4. The molecule has 2 aromatic heterocycles. The molecule has 1 N–H and O–H groups in total. The molecule has 1 amide bonds. The van der Waals surface area contributed by atoms with Gasteiger partial charge < -0.3 is 10.2 Å². The van der Waals surface area contributed by atoms with E-state index in [1.807, 2.05) is 19.1 Å². The zero-order valence-electron chi connectivity index (χ0n) is 14.2. The van der Waals surface area contributed by atoms with Gasteiger partial charge in [-0.05, 0) is 47.3 Å². The Hall–Kier alpha value is -2.22. The Bertz CT molecular complexity index is 826. The fourth-order valence-electron chi connectivity index (χ4n) is 2.88. The average Bonchev–Trinajstić information content (AvgIpc) is 2.62. The first-order valence-electron chi connectivity index (χ1n) is 8.16. The number of amides is 1. The lowest BCUT2D eigenvalue weighted by molar-refractivity contribution is -0.120. The lowest BCUT2D eigenvalue weighted by atomic mass is 9.95. The molecule has 3 heterocycles. The van der Waals surface area contributed by atoms with Crippen molar-refractivity contribution in [3.63, 3.8) is 0 Å². The van der Waals surface area contributed by atoms with Crippen LogP contribution in [0.25, 0.3) is 0 Å². The van der Waals surface area contributed by atoms with Gasteiger partial charge in [0.1, 0.15) is 10.3 Å². The third-order valence-corrected chi connectivity index (χ3v) is 5.17. The van der Waals surface area contributed by atoms with Crippen LogP contribution in [0.1, 0.15) is 18.4 Å². The molecule has 1 saturated heterocycles. The topological polar surface area (TPSA) is 80.1 Å². The molecule has 0 aliphatic carbocycles. The molecule has 8 heteroatoms. The summed E-state index contributed by atoms with van der Waals surface area (Å²) in [4.78, 5) is 30.7. The van der Waals surface area contributed by atoms with Crippen molar-refractivity contribution in [3.05, 3.63) is 44.9 Å². The summed E-state index contributed by atoms with van der Waals surface area (Å²) in [6.07, 6.45) is 4.86. The number of hydrogen-bond acceptors (Lipinski definition) is 5. The number of pyridine rings is 1. The summed E-state index contributed by atoms with van der Waals surface area (Å²) >= 11 is 3.36. The van der Waals surface area contributed by atoms with E-state index >= 15 is 0 Å². The summed E-state index contributed by atoms with van der Waals surface area (Å²) in [6, 6.07) is 3.73. The van der Waals surface area contributed by atoms with E-state index in [1.165, 1.54) is 4.68 Å². The van der Waals surface area contributed by atoms with Gasteiger partial charge >= 0.3 is 0 Å². The summed E-state index contributed by atoms with van der Waals surface area (Å²) in [5.41, 5.74) is 1.67. The number of aryl methyl sites for hydroxylation is 2. The van der Waals surface area contributed by atoms with Crippen LogP contribution in [0.3, 0.4) is 0 Å². The summed E-state index contributed by atoms with van der Waals surface area (Å²) < 4.78 is 1.80. The quantitative estimate of drug-likeness (QED) is 0.845. The molecule has 7 nitrogen and oxygen atoms in total. The first-order chi connectivity index (χ1) is 12.0. The average molecular weight is 406 g/mol. The molecule has 0 saturated carbocycles. The monoisotopic (exact) mass is 405 g/mol. The molecule has 1 aliphatic heterocycles. The number of nitrogens with zero attached hydrogens (tertiary/aromatic N) is 4. The van der Waals surface area contributed by atoms with E-state index in [0.29, 0.717) is 23.4 Å². The molecular formula is C17H20BrN5O2. The standard InChI is InChI=1S/C17H20BrN5O2/c1-11-3-4-14(19-9-11)21-16(24)12-5-7-23(8-6-12)13-10-20-22(2)17(25)15(13)18/h3-4,9-10,12H,5-8H2,1-2H3,(H,19,21,24). The van der Waals surface area contributed by atoms with Crippen molar-refractivity contribution in [3.8, 4) is 0 Å². The fourth-order valence-corrected chi connectivity index (χ4v) is 3.48. The highest BCUT2D eigenvalue weighted by molar-refractivity contribution is 9.10. The maximum Gasteiger partial charge on any atom is 0.282 e. The van der Waals surface area contributed by atoms with Crippen LogP contribution in [0.4, 0.5) is 11.5 Å². The number of carbonyl (C=O) groups excluding carboxylic acids is 1. The minimum atomic E-state index is -0.164. The van der Waals surface area contributed by atoms with Crippen LogP contribution in [0.15, 0.2) is 33.8 Å². The summed E-state index contributed by atoms with van der Waals surface area (Å²) in [6.45, 7) is 3.36. The van der Waals surface area contributed by atoms with Crippen molar-refractivity contribution in [2.45, 2.75) is 19.8 Å². The van der Waals surface area contributed by atoms with Crippen LogP contribution in [-0.4, -0.2) is 33.8 Å². The van der Waals surface area contributed by atoms with E-state index in [4.69, 9.17) is 0 Å². The number of piperidine rings is 1. The molecule has 3 rings (SSSR count). The van der Waals surface area contributed by atoms with Gasteiger partial charge in [-0.15, -0.1) is 0 Å². The van der Waals surface area contributed by atoms with Gasteiger partial charge in [0.2, 0.25) is 5.91 Å². The van der Waals surface area contributed by atoms with Crippen LogP contribution in [0.2, 0.25) is 0 Å². The second-order valence-corrected chi connectivity index (χ2v) is 7.04. The first kappa shape index (κ1) is 17.6. The number of halogens is 1. The molecule has 0 unspecified atom stereocenters. The molecule has 25 heavy (non-hydrogen) atoms. The Morgan fingerprint density at radius 3 is 2.64 bits per heavy atom. The van der Waals surface area contributed by atoms with Gasteiger partial charge in [0.05, 0.1) is 11.9 Å². The molecule has 0 bridgehead atoms. The zero-order chi connectivity index (χ0) is 18.0. The molecular weight excluding hydrogens is 386 g/mol. The molecule has 0 atom stereocenters. The van der Waals surface area contributed by atoms with E-state index in [-0.39, 0.29) is 17.4 Å². The minimum Gasteiger partial charge on any atom is -0.369 e. The summed E-state index contributed by atoms with van der Waals surface area (Å²) in [5.74, 6) is 0.520. The van der Waals surface area contributed by atoms with Gasteiger partial charge in [-0.1, -0.05) is 6.07 Å². The Balaban J connectivity index is 1.62. The van der Waals surface area contributed by atoms with E-state index < -0.39 is 0 Å². The minimum absolute atomic E-state index is 0.00262. The maximum atomic E-state index is 12.4. The molecule has 0 spiro atoms. The Morgan fingerprint density at radius 1 is 1.28 bits per heavy atom. The lowest BCUT2D eigenvalue weighted by Crippen LogP contribution is -2.39. The Morgan fingerprint density at radius 2 is 2.00 bits per heavy atom. The third kappa shape index (κ3) is 3.89. The number of nitrogens with one attached hydrogen (secondary N) is 1. The van der Waals surface area contributed by atoms with Crippen LogP contribution in [0, 0.1) is 12.8 Å². The van der Waals surface area contributed by atoms with Gasteiger partial charge in [0, 0.05) is 32.3 Å². The lowest BCUT2D eigenvalue weighted by Gasteiger charge is -2.33. The van der Waals surface area contributed by atoms with Gasteiger partial charge in [0.25, 0.3) is 5.56 Å². The normalized spacial score (nSPS) is 15.2. The Labute approximate surface area is 154 Å². The van der Waals surface area contributed by atoms with Gasteiger partial charge in [-0.3, -0.25) is 9.59 Å². The molecule has 1 fully saturated rings. The molecule has 132 valence electrons. The third-order valence-electron chi connectivity index (χ3n) is 4.43. The van der Waals surface area contributed by atoms with Crippen molar-refractivity contribution >= 4 is 33.3 Å². The summed E-state index contributed by atoms with van der Waals surface area (Å²) in [7, 11) is 1.62.